The Kier molecular flexibility index (Phi) is 15.8. The van der Waals surface area contributed by atoms with E-state index in [-0.39, 0.29) is 7.43 Å². The second-order valence-corrected chi connectivity index (χ2v) is 21.5. The van der Waals surface area contributed by atoms with Crippen LogP contribution in [0.3, 0.4) is 0 Å². The smallest absolute Gasteiger partial charge is 0.175 e. The van der Waals surface area contributed by atoms with Gasteiger partial charge in [-0.1, -0.05) is 31.7 Å². The monoisotopic (exact) mass is 822 g/mol. The molecule has 0 aliphatic carbocycles. The van der Waals surface area contributed by atoms with Crippen LogP contribution >= 0.6 is 79.4 Å². The van der Waals surface area contributed by atoms with Crippen LogP contribution in [0.15, 0.2) is 72.1 Å². The molecule has 52 heavy (non-hydrogen) atoms. The van der Waals surface area contributed by atoms with Gasteiger partial charge in [-0.3, -0.25) is 0 Å². The minimum Gasteiger partial charge on any atom is -0.485 e. The average molecular weight is 823 g/mol. The Morgan fingerprint density at radius 1 is 0.404 bits per heavy atom. The van der Waals surface area contributed by atoms with Gasteiger partial charge < -0.3 is 9.47 Å². The standard InChI is InChI=1S/C10H10S2.C10H10S.C8H10O2S.C8H8S2.C6H8S.CH4/c1-7-3-5-9(11-7)10-6-4-8(2)12-10;1-7-9-5-3-4-6-10(9)8(2)11-7;1-5-7-8(6(2)11-5)10-4-3-9-7;1-5-7-3-4-9-8(7)6(2)10-5;1-5-3-4-6(2)7-5;/h3-6H,1-2H3;3-6H,1-2H3;3-4H2,1-2H3;3-4H,1-2H3;3-4H,1-2H3;1H4. The Morgan fingerprint density at radius 3 is 1.21 bits per heavy atom. The lowest BCUT2D eigenvalue weighted by molar-refractivity contribution is 0.171. The number of rotatable bonds is 1. The van der Waals surface area contributed by atoms with Gasteiger partial charge in [0.2, 0.25) is 0 Å². The van der Waals surface area contributed by atoms with Gasteiger partial charge >= 0.3 is 0 Å². The van der Waals surface area contributed by atoms with Crippen LogP contribution in [-0.2, 0) is 0 Å². The fraction of sp³-hybridized carbons (Fsp3) is 0.302. The maximum Gasteiger partial charge on any atom is 0.175 e. The molecular formula is C43H50O2S7. The maximum absolute atomic E-state index is 5.46. The molecule has 9 heteroatoms. The molecule has 0 radical (unpaired) electrons. The molecule has 0 fully saturated rings. The van der Waals surface area contributed by atoms with E-state index in [0.29, 0.717) is 13.2 Å². The molecule has 8 heterocycles. The van der Waals surface area contributed by atoms with Crippen LogP contribution in [0, 0.1) is 69.2 Å². The Balaban J connectivity index is 0.000000146. The molecule has 1 aliphatic rings. The second-order valence-electron chi connectivity index (χ2n) is 12.2. The molecule has 0 spiro atoms. The van der Waals surface area contributed by atoms with Crippen molar-refractivity contribution in [2.45, 2.75) is 76.7 Å². The Hall–Kier alpha value is -2.76. The average Bonchev–Trinajstić information content (AvgIpc) is 3.98. The number of fused-ring (bicyclic) bond motifs is 3. The van der Waals surface area contributed by atoms with Gasteiger partial charge in [0.05, 0.1) is 0 Å². The second kappa shape index (κ2) is 19.5. The summed E-state index contributed by atoms with van der Waals surface area (Å²) in [7, 11) is 0. The predicted molar refractivity (Wildman–Crippen MR) is 243 cm³/mol. The predicted octanol–water partition coefficient (Wildman–Crippen LogP) is 16.3. The van der Waals surface area contributed by atoms with Crippen LogP contribution in [-0.4, -0.2) is 13.2 Å². The van der Waals surface area contributed by atoms with Crippen LogP contribution in [0.2, 0.25) is 0 Å². The first kappa shape index (κ1) is 42.0. The fourth-order valence-electron chi connectivity index (χ4n) is 5.58. The molecule has 0 N–H and O–H groups in total. The van der Waals surface area contributed by atoms with Crippen molar-refractivity contribution in [1.29, 1.82) is 0 Å². The topological polar surface area (TPSA) is 18.5 Å². The van der Waals surface area contributed by atoms with Crippen molar-refractivity contribution in [3.63, 3.8) is 0 Å². The van der Waals surface area contributed by atoms with E-state index in [9.17, 15) is 0 Å². The third-order valence-corrected chi connectivity index (χ3v) is 15.3. The van der Waals surface area contributed by atoms with Crippen molar-refractivity contribution in [2.75, 3.05) is 13.2 Å². The van der Waals surface area contributed by atoms with E-state index in [1.165, 1.54) is 79.4 Å². The molecule has 0 saturated carbocycles. The van der Waals surface area contributed by atoms with Gasteiger partial charge in [0.1, 0.15) is 13.2 Å². The van der Waals surface area contributed by atoms with Gasteiger partial charge in [0.15, 0.2) is 11.5 Å². The fourth-order valence-corrected chi connectivity index (χ4v) is 12.3. The van der Waals surface area contributed by atoms with Crippen molar-refractivity contribution in [1.82, 2.24) is 0 Å². The van der Waals surface area contributed by atoms with Gasteiger partial charge in [0, 0.05) is 68.6 Å². The number of benzene rings is 1. The van der Waals surface area contributed by atoms with Crippen LogP contribution < -0.4 is 9.47 Å². The van der Waals surface area contributed by atoms with E-state index in [0.717, 1.165) is 11.5 Å². The van der Waals surface area contributed by atoms with Crippen LogP contribution in [0.4, 0.5) is 0 Å². The number of hydrogen-bond acceptors (Lipinski definition) is 9. The SMILES string of the molecule is C.Cc1ccc(-c2ccc(C)s2)s1.Cc1ccc(C)s1.Cc1sc(C)c2c1OCCO2.Cc1sc(C)c2ccccc12.Cc1sc(C)c2sccc12. The Morgan fingerprint density at radius 2 is 0.808 bits per heavy atom. The molecule has 2 nitrogen and oxygen atoms in total. The minimum atomic E-state index is 0. The molecule has 0 atom stereocenters. The van der Waals surface area contributed by atoms with Crippen molar-refractivity contribution in [2.24, 2.45) is 0 Å². The molecular weight excluding hydrogens is 773 g/mol. The molecule has 1 aromatic carbocycles. The first-order chi connectivity index (χ1) is 24.4. The van der Waals surface area contributed by atoms with Crippen LogP contribution in [0.25, 0.3) is 30.6 Å². The molecule has 1 aliphatic heterocycles. The number of thiophene rings is 7. The summed E-state index contributed by atoms with van der Waals surface area (Å²) in [5.41, 5.74) is 0. The van der Waals surface area contributed by atoms with Gasteiger partial charge in [-0.15, -0.1) is 79.4 Å². The lowest BCUT2D eigenvalue weighted by Gasteiger charge is -2.15. The molecule has 0 amide bonds. The van der Waals surface area contributed by atoms with Crippen molar-refractivity contribution in [3.05, 3.63) is 121 Å². The summed E-state index contributed by atoms with van der Waals surface area (Å²) in [5.74, 6) is 1.91. The van der Waals surface area contributed by atoms with E-state index in [2.05, 4.69) is 141 Å². The van der Waals surface area contributed by atoms with Gasteiger partial charge in [0.25, 0.3) is 0 Å². The summed E-state index contributed by atoms with van der Waals surface area (Å²) < 4.78 is 12.4. The quantitative estimate of drug-likeness (QED) is 0.164. The highest BCUT2D eigenvalue weighted by Crippen LogP contribution is 2.42. The Bertz CT molecular complexity index is 2150. The first-order valence-corrected chi connectivity index (χ1v) is 22.6. The number of ether oxygens (including phenoxy) is 2. The zero-order chi connectivity index (χ0) is 36.7. The number of hydrogen-bond donors (Lipinski definition) is 0. The van der Waals surface area contributed by atoms with Gasteiger partial charge in [-0.25, -0.2) is 0 Å². The van der Waals surface area contributed by atoms with Crippen LogP contribution in [0.5, 0.6) is 11.5 Å². The molecule has 8 aromatic rings. The van der Waals surface area contributed by atoms with Crippen molar-refractivity contribution < 1.29 is 9.47 Å². The highest BCUT2D eigenvalue weighted by molar-refractivity contribution is 7.23. The molecule has 0 saturated heterocycles. The summed E-state index contributed by atoms with van der Waals surface area (Å²) in [6.07, 6.45) is 0. The maximum atomic E-state index is 5.46. The van der Waals surface area contributed by atoms with Crippen molar-refractivity contribution in [3.8, 4) is 21.3 Å². The van der Waals surface area contributed by atoms with E-state index in [4.69, 9.17) is 9.47 Å². The number of aryl methyl sites for hydroxylation is 10. The zero-order valence-electron chi connectivity index (χ0n) is 31.0. The molecule has 7 aromatic heterocycles. The molecule has 0 unspecified atom stereocenters. The highest BCUT2D eigenvalue weighted by atomic mass is 32.1. The van der Waals surface area contributed by atoms with E-state index in [1.807, 2.05) is 68.0 Å². The summed E-state index contributed by atoms with van der Waals surface area (Å²) >= 11 is 12.9. The molecule has 9 rings (SSSR count). The lowest BCUT2D eigenvalue weighted by Crippen LogP contribution is -2.14. The van der Waals surface area contributed by atoms with Crippen molar-refractivity contribution >= 4 is 100 Å². The minimum absolute atomic E-state index is 0. The van der Waals surface area contributed by atoms with Crippen LogP contribution in [0.1, 0.15) is 56.2 Å². The summed E-state index contributed by atoms with van der Waals surface area (Å²) in [6, 6.07) is 23.8. The molecule has 276 valence electrons. The summed E-state index contributed by atoms with van der Waals surface area (Å²) in [5, 5.41) is 6.44. The van der Waals surface area contributed by atoms with E-state index in [1.54, 1.807) is 11.3 Å². The summed E-state index contributed by atoms with van der Waals surface area (Å²) in [6.45, 7) is 22.8. The largest absolute Gasteiger partial charge is 0.485 e. The van der Waals surface area contributed by atoms with E-state index < -0.39 is 0 Å². The van der Waals surface area contributed by atoms with Gasteiger partial charge in [-0.05, 0) is 128 Å². The normalized spacial score (nSPS) is 11.3. The highest BCUT2D eigenvalue weighted by Gasteiger charge is 2.19. The summed E-state index contributed by atoms with van der Waals surface area (Å²) in [4.78, 5) is 16.6. The zero-order valence-corrected chi connectivity index (χ0v) is 36.7. The van der Waals surface area contributed by atoms with Gasteiger partial charge in [-0.2, -0.15) is 0 Å². The third-order valence-electron chi connectivity index (χ3n) is 7.99. The lowest BCUT2D eigenvalue weighted by atomic mass is 10.1. The third kappa shape index (κ3) is 10.9. The first-order valence-electron chi connectivity index (χ1n) is 16.8. The van der Waals surface area contributed by atoms with E-state index >= 15 is 0 Å². The molecule has 0 bridgehead atoms. The Labute approximate surface area is 339 Å².